The van der Waals surface area contributed by atoms with Gasteiger partial charge in [-0.25, -0.2) is 0 Å². The molecule has 0 unspecified atom stereocenters. The molecule has 0 heterocycles. The SMILES string of the molecule is CCCCCCCCCCCCCCCc1ccccc1C(C)(C)Cl. The smallest absolute Gasteiger partial charge is 0.0641 e. The van der Waals surface area contributed by atoms with E-state index in [-0.39, 0.29) is 4.87 Å². The van der Waals surface area contributed by atoms with E-state index in [1.807, 2.05) is 0 Å². The van der Waals surface area contributed by atoms with Gasteiger partial charge in [-0.15, -0.1) is 11.6 Å². The van der Waals surface area contributed by atoms with E-state index < -0.39 is 0 Å². The molecule has 1 heteroatoms. The summed E-state index contributed by atoms with van der Waals surface area (Å²) in [6, 6.07) is 8.68. The van der Waals surface area contributed by atoms with Gasteiger partial charge in [0.1, 0.15) is 0 Å². The van der Waals surface area contributed by atoms with Gasteiger partial charge in [0.2, 0.25) is 0 Å². The van der Waals surface area contributed by atoms with Crippen molar-refractivity contribution in [1.82, 2.24) is 0 Å². The third kappa shape index (κ3) is 11.0. The van der Waals surface area contributed by atoms with Gasteiger partial charge in [0.05, 0.1) is 4.87 Å². The first-order valence-electron chi connectivity index (χ1n) is 10.8. The first kappa shape index (κ1) is 22.6. The second-order valence-electron chi connectivity index (χ2n) is 8.12. The Labute approximate surface area is 162 Å². The van der Waals surface area contributed by atoms with Crippen molar-refractivity contribution in [3.63, 3.8) is 0 Å². The fraction of sp³-hybridized carbons (Fsp3) is 0.750. The molecule has 25 heavy (non-hydrogen) atoms. The molecule has 0 bridgehead atoms. The molecule has 0 radical (unpaired) electrons. The Morgan fingerprint density at radius 2 is 1.12 bits per heavy atom. The standard InChI is InChI=1S/C24H41Cl/c1-4-5-6-7-8-9-10-11-12-13-14-15-16-19-22-20-17-18-21-23(22)24(2,3)25/h17-18,20-21H,4-16,19H2,1-3H3. The first-order valence-corrected chi connectivity index (χ1v) is 11.2. The number of benzene rings is 1. The van der Waals surface area contributed by atoms with Crippen LogP contribution in [0, 0.1) is 0 Å². The normalized spacial score (nSPS) is 11.8. The van der Waals surface area contributed by atoms with E-state index >= 15 is 0 Å². The Hall–Kier alpha value is -0.490. The van der Waals surface area contributed by atoms with Crippen LogP contribution in [0.5, 0.6) is 0 Å². The van der Waals surface area contributed by atoms with Crippen molar-refractivity contribution < 1.29 is 0 Å². The molecule has 0 amide bonds. The number of rotatable bonds is 15. The van der Waals surface area contributed by atoms with Crippen molar-refractivity contribution in [3.05, 3.63) is 35.4 Å². The van der Waals surface area contributed by atoms with Crippen LogP contribution >= 0.6 is 11.6 Å². The average Bonchev–Trinajstić information content (AvgIpc) is 2.58. The Bertz CT molecular complexity index is 430. The maximum atomic E-state index is 6.52. The lowest BCUT2D eigenvalue weighted by Gasteiger charge is -2.20. The molecule has 0 saturated carbocycles. The molecule has 0 aliphatic heterocycles. The summed E-state index contributed by atoms with van der Waals surface area (Å²) in [6.07, 6.45) is 19.5. The fourth-order valence-electron chi connectivity index (χ4n) is 3.65. The van der Waals surface area contributed by atoms with Crippen LogP contribution in [0.1, 0.15) is 115 Å². The van der Waals surface area contributed by atoms with E-state index in [0.29, 0.717) is 0 Å². The van der Waals surface area contributed by atoms with Gasteiger partial charge in [0.25, 0.3) is 0 Å². The monoisotopic (exact) mass is 364 g/mol. The molecule has 0 aromatic heterocycles. The van der Waals surface area contributed by atoms with Crippen molar-refractivity contribution in [3.8, 4) is 0 Å². The molecule has 1 aromatic carbocycles. The predicted molar refractivity (Wildman–Crippen MR) is 115 cm³/mol. The van der Waals surface area contributed by atoms with Gasteiger partial charge in [-0.05, 0) is 37.8 Å². The van der Waals surface area contributed by atoms with Gasteiger partial charge in [-0.3, -0.25) is 0 Å². The molecule has 0 spiro atoms. The van der Waals surface area contributed by atoms with E-state index in [0.717, 1.165) is 0 Å². The maximum Gasteiger partial charge on any atom is 0.0641 e. The van der Waals surface area contributed by atoms with Crippen LogP contribution in [0.4, 0.5) is 0 Å². The van der Waals surface area contributed by atoms with Crippen molar-refractivity contribution in [2.45, 2.75) is 116 Å². The highest BCUT2D eigenvalue weighted by Gasteiger charge is 2.19. The van der Waals surface area contributed by atoms with Crippen LogP contribution in [-0.2, 0) is 11.3 Å². The minimum Gasteiger partial charge on any atom is -0.115 e. The summed E-state index contributed by atoms with van der Waals surface area (Å²) in [5, 5.41) is 0. The Balaban J connectivity index is 1.99. The van der Waals surface area contributed by atoms with Gasteiger partial charge < -0.3 is 0 Å². The number of hydrogen-bond donors (Lipinski definition) is 0. The van der Waals surface area contributed by atoms with Crippen molar-refractivity contribution in [2.75, 3.05) is 0 Å². The summed E-state index contributed by atoms with van der Waals surface area (Å²) in [4.78, 5) is -0.257. The van der Waals surface area contributed by atoms with Crippen molar-refractivity contribution in [1.29, 1.82) is 0 Å². The molecule has 144 valence electrons. The molecule has 1 aromatic rings. The highest BCUT2D eigenvalue weighted by molar-refractivity contribution is 6.23. The van der Waals surface area contributed by atoms with Gasteiger partial charge in [-0.1, -0.05) is 108 Å². The number of hydrogen-bond acceptors (Lipinski definition) is 0. The van der Waals surface area contributed by atoms with Crippen LogP contribution in [0.25, 0.3) is 0 Å². The Morgan fingerprint density at radius 1 is 0.680 bits per heavy atom. The molecule has 1 rings (SSSR count). The number of halogens is 1. The zero-order valence-electron chi connectivity index (χ0n) is 17.1. The maximum absolute atomic E-state index is 6.52. The van der Waals surface area contributed by atoms with Crippen LogP contribution in [0.3, 0.4) is 0 Å². The van der Waals surface area contributed by atoms with Gasteiger partial charge in [-0.2, -0.15) is 0 Å². The summed E-state index contributed by atoms with van der Waals surface area (Å²) in [6.45, 7) is 6.48. The minimum absolute atomic E-state index is 0.257. The highest BCUT2D eigenvalue weighted by Crippen LogP contribution is 2.31. The molecular formula is C24H41Cl. The second kappa shape index (κ2) is 13.7. The van der Waals surface area contributed by atoms with Crippen LogP contribution in [0.2, 0.25) is 0 Å². The third-order valence-electron chi connectivity index (χ3n) is 5.21. The van der Waals surface area contributed by atoms with E-state index in [1.54, 1.807) is 0 Å². The largest absolute Gasteiger partial charge is 0.115 e. The highest BCUT2D eigenvalue weighted by atomic mass is 35.5. The quantitative estimate of drug-likeness (QED) is 0.215. The lowest BCUT2D eigenvalue weighted by molar-refractivity contribution is 0.539. The van der Waals surface area contributed by atoms with Crippen LogP contribution in [-0.4, -0.2) is 0 Å². The molecule has 0 aliphatic rings. The van der Waals surface area contributed by atoms with Crippen LogP contribution in [0.15, 0.2) is 24.3 Å². The lowest BCUT2D eigenvalue weighted by Crippen LogP contribution is -2.10. The Morgan fingerprint density at radius 3 is 1.60 bits per heavy atom. The topological polar surface area (TPSA) is 0 Å². The zero-order chi connectivity index (χ0) is 18.4. The molecule has 0 aliphatic carbocycles. The lowest BCUT2D eigenvalue weighted by atomic mass is 9.93. The first-order chi connectivity index (χ1) is 12.1. The molecular weight excluding hydrogens is 324 g/mol. The molecule has 0 fully saturated rings. The summed E-state index contributed by atoms with van der Waals surface area (Å²) >= 11 is 6.52. The number of aryl methyl sites for hydroxylation is 1. The number of alkyl halides is 1. The third-order valence-corrected chi connectivity index (χ3v) is 5.41. The zero-order valence-corrected chi connectivity index (χ0v) is 17.8. The fourth-order valence-corrected chi connectivity index (χ4v) is 3.84. The summed E-state index contributed by atoms with van der Waals surface area (Å²) in [5.41, 5.74) is 2.74. The van der Waals surface area contributed by atoms with E-state index in [1.165, 1.54) is 101 Å². The van der Waals surface area contributed by atoms with Gasteiger partial charge >= 0.3 is 0 Å². The van der Waals surface area contributed by atoms with E-state index in [4.69, 9.17) is 11.6 Å². The van der Waals surface area contributed by atoms with Crippen molar-refractivity contribution >= 4 is 11.6 Å². The molecule has 0 nitrogen and oxygen atoms in total. The summed E-state index contributed by atoms with van der Waals surface area (Å²) in [7, 11) is 0. The van der Waals surface area contributed by atoms with Gasteiger partial charge in [0, 0.05) is 0 Å². The second-order valence-corrected chi connectivity index (χ2v) is 9.07. The molecule has 0 N–H and O–H groups in total. The summed E-state index contributed by atoms with van der Waals surface area (Å²) in [5.74, 6) is 0. The minimum atomic E-state index is -0.257. The molecule has 0 saturated heterocycles. The predicted octanol–water partition coefficient (Wildman–Crippen LogP) is 8.79. The van der Waals surface area contributed by atoms with E-state index in [9.17, 15) is 0 Å². The van der Waals surface area contributed by atoms with Crippen molar-refractivity contribution in [2.24, 2.45) is 0 Å². The molecule has 0 atom stereocenters. The number of unbranched alkanes of at least 4 members (excludes halogenated alkanes) is 12. The van der Waals surface area contributed by atoms with Crippen LogP contribution < -0.4 is 0 Å². The Kier molecular flexibility index (Phi) is 12.3. The van der Waals surface area contributed by atoms with Gasteiger partial charge in [0.15, 0.2) is 0 Å². The summed E-state index contributed by atoms with van der Waals surface area (Å²) < 4.78 is 0. The average molecular weight is 365 g/mol. The van der Waals surface area contributed by atoms with E-state index in [2.05, 4.69) is 45.0 Å².